The normalized spacial score (nSPS) is 24.2. The smallest absolute Gasteiger partial charge is 0.0895 e. The van der Waals surface area contributed by atoms with Crippen LogP contribution in [0.2, 0.25) is 0 Å². The SMILES string of the molecule is CC1(NCC(O)CO)CCCC1. The third-order valence-electron chi connectivity index (χ3n) is 2.68. The Kier molecular flexibility index (Phi) is 3.50. The lowest BCUT2D eigenvalue weighted by atomic mass is 10.0. The first kappa shape index (κ1) is 9.96. The van der Waals surface area contributed by atoms with Gasteiger partial charge >= 0.3 is 0 Å². The van der Waals surface area contributed by atoms with Crippen LogP contribution in [0.4, 0.5) is 0 Å². The number of hydrogen-bond donors (Lipinski definition) is 3. The Hall–Kier alpha value is -0.120. The second-order valence-corrected chi connectivity index (χ2v) is 3.99. The van der Waals surface area contributed by atoms with E-state index >= 15 is 0 Å². The highest BCUT2D eigenvalue weighted by Crippen LogP contribution is 2.28. The predicted octanol–water partition coefficient (Wildman–Crippen LogP) is 0.262. The van der Waals surface area contributed by atoms with Gasteiger partial charge in [0.2, 0.25) is 0 Å². The van der Waals surface area contributed by atoms with E-state index in [0.29, 0.717) is 6.54 Å². The molecule has 1 saturated carbocycles. The first-order valence-electron chi connectivity index (χ1n) is 4.70. The average Bonchev–Trinajstić information content (AvgIpc) is 2.49. The van der Waals surface area contributed by atoms with E-state index in [1.54, 1.807) is 0 Å². The Labute approximate surface area is 73.8 Å². The molecule has 0 amide bonds. The lowest BCUT2D eigenvalue weighted by Gasteiger charge is -2.26. The monoisotopic (exact) mass is 173 g/mol. The first-order valence-corrected chi connectivity index (χ1v) is 4.70. The Morgan fingerprint density at radius 3 is 2.50 bits per heavy atom. The Bertz CT molecular complexity index is 132. The van der Waals surface area contributed by atoms with Gasteiger partial charge in [0.25, 0.3) is 0 Å². The average molecular weight is 173 g/mol. The van der Waals surface area contributed by atoms with Crippen LogP contribution >= 0.6 is 0 Å². The largest absolute Gasteiger partial charge is 0.394 e. The molecule has 1 atom stereocenters. The van der Waals surface area contributed by atoms with Crippen LogP contribution in [-0.2, 0) is 0 Å². The van der Waals surface area contributed by atoms with Gasteiger partial charge in [0.05, 0.1) is 12.7 Å². The van der Waals surface area contributed by atoms with Crippen LogP contribution in [-0.4, -0.2) is 35.0 Å². The van der Waals surface area contributed by atoms with Crippen LogP contribution in [0, 0.1) is 0 Å². The van der Waals surface area contributed by atoms with Crippen LogP contribution in [0.25, 0.3) is 0 Å². The van der Waals surface area contributed by atoms with Gasteiger partial charge in [-0.2, -0.15) is 0 Å². The third-order valence-corrected chi connectivity index (χ3v) is 2.68. The van der Waals surface area contributed by atoms with Crippen molar-refractivity contribution >= 4 is 0 Å². The fourth-order valence-corrected chi connectivity index (χ4v) is 1.76. The van der Waals surface area contributed by atoms with Crippen molar-refractivity contribution in [3.05, 3.63) is 0 Å². The van der Waals surface area contributed by atoms with Crippen molar-refractivity contribution in [1.29, 1.82) is 0 Å². The van der Waals surface area contributed by atoms with Crippen LogP contribution in [0.1, 0.15) is 32.6 Å². The van der Waals surface area contributed by atoms with Crippen LogP contribution in [0.5, 0.6) is 0 Å². The molecule has 1 aliphatic carbocycles. The maximum atomic E-state index is 9.12. The maximum absolute atomic E-state index is 9.12. The van der Waals surface area contributed by atoms with Crippen LogP contribution < -0.4 is 5.32 Å². The van der Waals surface area contributed by atoms with Crippen molar-refractivity contribution in [1.82, 2.24) is 5.32 Å². The second-order valence-electron chi connectivity index (χ2n) is 3.99. The zero-order valence-electron chi connectivity index (χ0n) is 7.71. The minimum Gasteiger partial charge on any atom is -0.394 e. The molecule has 0 bridgehead atoms. The third kappa shape index (κ3) is 2.73. The summed E-state index contributed by atoms with van der Waals surface area (Å²) in [5, 5.41) is 21.0. The zero-order chi connectivity index (χ0) is 9.03. The number of hydrogen-bond acceptors (Lipinski definition) is 3. The molecule has 3 N–H and O–H groups in total. The van der Waals surface area contributed by atoms with Gasteiger partial charge in [-0.05, 0) is 19.8 Å². The van der Waals surface area contributed by atoms with Crippen LogP contribution in [0.15, 0.2) is 0 Å². The number of aliphatic hydroxyl groups is 2. The first-order chi connectivity index (χ1) is 5.66. The van der Waals surface area contributed by atoms with E-state index in [-0.39, 0.29) is 12.1 Å². The van der Waals surface area contributed by atoms with Gasteiger partial charge in [-0.1, -0.05) is 12.8 Å². The molecule has 1 unspecified atom stereocenters. The van der Waals surface area contributed by atoms with Gasteiger partial charge in [0.1, 0.15) is 0 Å². The molecule has 12 heavy (non-hydrogen) atoms. The Morgan fingerprint density at radius 1 is 1.42 bits per heavy atom. The molecule has 0 aromatic rings. The highest BCUT2D eigenvalue weighted by Gasteiger charge is 2.28. The van der Waals surface area contributed by atoms with E-state index < -0.39 is 6.10 Å². The fourth-order valence-electron chi connectivity index (χ4n) is 1.76. The highest BCUT2D eigenvalue weighted by molar-refractivity contribution is 4.88. The topological polar surface area (TPSA) is 52.5 Å². The number of β-amino-alcohol motifs (C(OH)–C–C–N with tert-alkyl or cyclic N) is 1. The number of rotatable bonds is 4. The van der Waals surface area contributed by atoms with Crippen molar-refractivity contribution in [3.63, 3.8) is 0 Å². The van der Waals surface area contributed by atoms with E-state index in [1.807, 2.05) is 0 Å². The maximum Gasteiger partial charge on any atom is 0.0895 e. The minimum atomic E-state index is -0.609. The molecular weight excluding hydrogens is 154 g/mol. The summed E-state index contributed by atoms with van der Waals surface area (Å²) in [6, 6.07) is 0. The molecule has 0 radical (unpaired) electrons. The van der Waals surface area contributed by atoms with E-state index in [0.717, 1.165) is 0 Å². The standard InChI is InChI=1S/C9H19NO2/c1-9(4-2-3-5-9)10-6-8(12)7-11/h8,10-12H,2-7H2,1H3. The summed E-state index contributed by atoms with van der Waals surface area (Å²) in [6.07, 6.45) is 4.32. The summed E-state index contributed by atoms with van der Waals surface area (Å²) in [5.74, 6) is 0. The van der Waals surface area contributed by atoms with Crippen molar-refractivity contribution in [2.75, 3.05) is 13.2 Å². The molecule has 0 spiro atoms. The molecule has 0 saturated heterocycles. The summed E-state index contributed by atoms with van der Waals surface area (Å²) >= 11 is 0. The summed E-state index contributed by atoms with van der Waals surface area (Å²) < 4.78 is 0. The summed E-state index contributed by atoms with van der Waals surface area (Å²) in [4.78, 5) is 0. The van der Waals surface area contributed by atoms with Gasteiger partial charge in [-0.15, -0.1) is 0 Å². The van der Waals surface area contributed by atoms with Gasteiger partial charge in [0, 0.05) is 12.1 Å². The summed E-state index contributed by atoms with van der Waals surface area (Å²) in [6.45, 7) is 2.54. The van der Waals surface area contributed by atoms with Crippen molar-refractivity contribution in [3.8, 4) is 0 Å². The molecule has 1 aliphatic rings. The predicted molar refractivity (Wildman–Crippen MR) is 48.0 cm³/mol. The van der Waals surface area contributed by atoms with E-state index in [1.165, 1.54) is 25.7 Å². The Morgan fingerprint density at radius 2 is 2.00 bits per heavy atom. The molecular formula is C9H19NO2. The van der Waals surface area contributed by atoms with Crippen molar-refractivity contribution in [2.24, 2.45) is 0 Å². The van der Waals surface area contributed by atoms with E-state index in [4.69, 9.17) is 10.2 Å². The second kappa shape index (κ2) is 4.21. The van der Waals surface area contributed by atoms with Gasteiger partial charge in [0.15, 0.2) is 0 Å². The molecule has 0 heterocycles. The number of aliphatic hydroxyl groups excluding tert-OH is 2. The molecule has 3 heteroatoms. The van der Waals surface area contributed by atoms with Crippen LogP contribution in [0.3, 0.4) is 0 Å². The molecule has 1 rings (SSSR count). The van der Waals surface area contributed by atoms with Gasteiger partial charge < -0.3 is 15.5 Å². The minimum absolute atomic E-state index is 0.150. The fraction of sp³-hybridized carbons (Fsp3) is 1.00. The van der Waals surface area contributed by atoms with E-state index in [2.05, 4.69) is 12.2 Å². The molecule has 0 aromatic carbocycles. The highest BCUT2D eigenvalue weighted by atomic mass is 16.3. The zero-order valence-corrected chi connectivity index (χ0v) is 7.71. The molecule has 3 nitrogen and oxygen atoms in total. The summed E-state index contributed by atoms with van der Waals surface area (Å²) in [5.41, 5.74) is 0.205. The summed E-state index contributed by atoms with van der Waals surface area (Å²) in [7, 11) is 0. The van der Waals surface area contributed by atoms with Gasteiger partial charge in [-0.3, -0.25) is 0 Å². The lowest BCUT2D eigenvalue weighted by molar-refractivity contribution is 0.0870. The molecule has 0 aromatic heterocycles. The molecule has 1 fully saturated rings. The van der Waals surface area contributed by atoms with Gasteiger partial charge in [-0.25, -0.2) is 0 Å². The number of nitrogens with one attached hydrogen (secondary N) is 1. The molecule has 0 aliphatic heterocycles. The van der Waals surface area contributed by atoms with Crippen molar-refractivity contribution in [2.45, 2.75) is 44.2 Å². The lowest BCUT2D eigenvalue weighted by Crippen LogP contribution is -2.44. The molecule has 72 valence electrons. The Balaban J connectivity index is 2.21. The van der Waals surface area contributed by atoms with E-state index in [9.17, 15) is 0 Å². The quantitative estimate of drug-likeness (QED) is 0.571. The van der Waals surface area contributed by atoms with Crippen molar-refractivity contribution < 1.29 is 10.2 Å².